The summed E-state index contributed by atoms with van der Waals surface area (Å²) in [5.74, 6) is 0.612. The van der Waals surface area contributed by atoms with E-state index in [0.717, 1.165) is 16.8 Å². The molecule has 0 heterocycles. The van der Waals surface area contributed by atoms with Gasteiger partial charge in [-0.2, -0.15) is 0 Å². The first-order valence-corrected chi connectivity index (χ1v) is 6.53. The topological polar surface area (TPSA) is 61.5 Å². The number of hydrogen-bond donors (Lipinski definition) is 1. The molecular formula is C15H23NO3. The number of carbonyl (C=O) groups excluding carboxylic acids is 1. The molecule has 4 nitrogen and oxygen atoms in total. The lowest BCUT2D eigenvalue weighted by atomic mass is 9.99. The molecule has 0 saturated carbocycles. The number of benzene rings is 1. The van der Waals surface area contributed by atoms with Crippen LogP contribution in [0.25, 0.3) is 0 Å². The van der Waals surface area contributed by atoms with Crippen molar-refractivity contribution in [1.82, 2.24) is 0 Å². The fourth-order valence-electron chi connectivity index (χ4n) is 1.73. The molecule has 0 unspecified atom stereocenters. The molecule has 0 fully saturated rings. The lowest BCUT2D eigenvalue weighted by Crippen LogP contribution is -2.19. The Kier molecular flexibility index (Phi) is 5.21. The van der Waals surface area contributed by atoms with Crippen molar-refractivity contribution in [2.75, 3.05) is 12.3 Å². The maximum atomic E-state index is 11.5. The van der Waals surface area contributed by atoms with E-state index in [9.17, 15) is 4.79 Å². The number of esters is 1. The van der Waals surface area contributed by atoms with Crippen molar-refractivity contribution in [3.63, 3.8) is 0 Å². The predicted molar refractivity (Wildman–Crippen MR) is 76.4 cm³/mol. The highest BCUT2D eigenvalue weighted by Gasteiger charge is 2.13. The van der Waals surface area contributed by atoms with Gasteiger partial charge in [0.1, 0.15) is 5.75 Å². The summed E-state index contributed by atoms with van der Waals surface area (Å²) >= 11 is 0. The summed E-state index contributed by atoms with van der Waals surface area (Å²) in [5.41, 5.74) is 8.58. The lowest BCUT2D eigenvalue weighted by molar-refractivity contribution is -0.149. The van der Waals surface area contributed by atoms with Gasteiger partial charge >= 0.3 is 5.97 Å². The summed E-state index contributed by atoms with van der Waals surface area (Å²) in [6, 6.07) is 3.77. The predicted octanol–water partition coefficient (Wildman–Crippen LogP) is 3.03. The van der Waals surface area contributed by atoms with Crippen molar-refractivity contribution >= 4 is 11.7 Å². The molecule has 0 aliphatic heterocycles. The minimum absolute atomic E-state index is 0.0821. The Morgan fingerprint density at radius 1 is 1.26 bits per heavy atom. The van der Waals surface area contributed by atoms with Crippen LogP contribution in [0, 0.1) is 6.92 Å². The van der Waals surface area contributed by atoms with Crippen LogP contribution < -0.4 is 10.5 Å². The van der Waals surface area contributed by atoms with Crippen molar-refractivity contribution in [2.24, 2.45) is 0 Å². The van der Waals surface area contributed by atoms with E-state index in [2.05, 4.69) is 13.8 Å². The number of nitrogen functional groups attached to an aromatic ring is 1. The van der Waals surface area contributed by atoms with Gasteiger partial charge in [0.2, 0.25) is 0 Å². The molecule has 0 atom stereocenters. The minimum Gasteiger partial charge on any atom is -0.482 e. The SMILES string of the molecule is Cc1cc(OCC(=O)OC(C)C)c(C(C)C)cc1N. The van der Waals surface area contributed by atoms with Gasteiger partial charge in [-0.25, -0.2) is 4.79 Å². The molecule has 0 saturated heterocycles. The first kappa shape index (κ1) is 15.3. The van der Waals surface area contributed by atoms with Crippen molar-refractivity contribution < 1.29 is 14.3 Å². The molecule has 2 N–H and O–H groups in total. The zero-order valence-electron chi connectivity index (χ0n) is 12.3. The standard InChI is InChI=1S/C15H23NO3/c1-9(2)12-7-13(16)11(5)6-14(12)18-8-15(17)19-10(3)4/h6-7,9-10H,8,16H2,1-5H3. The molecule has 19 heavy (non-hydrogen) atoms. The third-order valence-corrected chi connectivity index (χ3v) is 2.73. The van der Waals surface area contributed by atoms with Crippen LogP contribution in [0.4, 0.5) is 5.69 Å². The average Bonchev–Trinajstić information content (AvgIpc) is 2.29. The number of anilines is 1. The zero-order valence-corrected chi connectivity index (χ0v) is 12.3. The maximum absolute atomic E-state index is 11.5. The summed E-state index contributed by atoms with van der Waals surface area (Å²) < 4.78 is 10.6. The first-order valence-electron chi connectivity index (χ1n) is 6.53. The summed E-state index contributed by atoms with van der Waals surface area (Å²) in [4.78, 5) is 11.5. The molecule has 0 radical (unpaired) electrons. The monoisotopic (exact) mass is 265 g/mol. The molecule has 1 aromatic carbocycles. The summed E-state index contributed by atoms with van der Waals surface area (Å²) in [7, 11) is 0. The van der Waals surface area contributed by atoms with Crippen LogP contribution in [-0.2, 0) is 9.53 Å². The zero-order chi connectivity index (χ0) is 14.6. The summed E-state index contributed by atoms with van der Waals surface area (Å²) in [5, 5.41) is 0. The van der Waals surface area contributed by atoms with Crippen LogP contribution in [0.5, 0.6) is 5.75 Å². The third-order valence-electron chi connectivity index (χ3n) is 2.73. The number of carbonyl (C=O) groups is 1. The van der Waals surface area contributed by atoms with Gasteiger partial charge in [0, 0.05) is 5.69 Å². The van der Waals surface area contributed by atoms with Gasteiger partial charge in [-0.3, -0.25) is 0 Å². The highest BCUT2D eigenvalue weighted by molar-refractivity contribution is 5.71. The Hall–Kier alpha value is -1.71. The third kappa shape index (κ3) is 4.47. The molecule has 0 aliphatic rings. The van der Waals surface area contributed by atoms with Gasteiger partial charge in [-0.05, 0) is 49.9 Å². The van der Waals surface area contributed by atoms with Crippen molar-refractivity contribution in [2.45, 2.75) is 46.6 Å². The lowest BCUT2D eigenvalue weighted by Gasteiger charge is -2.16. The first-order chi connectivity index (χ1) is 8.81. The Bertz CT molecular complexity index is 453. The van der Waals surface area contributed by atoms with E-state index < -0.39 is 0 Å². The average molecular weight is 265 g/mol. The molecular weight excluding hydrogens is 242 g/mol. The van der Waals surface area contributed by atoms with E-state index >= 15 is 0 Å². The highest BCUT2D eigenvalue weighted by Crippen LogP contribution is 2.30. The number of ether oxygens (including phenoxy) is 2. The van der Waals surface area contributed by atoms with E-state index in [1.165, 1.54) is 0 Å². The molecule has 1 rings (SSSR count). The van der Waals surface area contributed by atoms with Gasteiger partial charge in [0.15, 0.2) is 6.61 Å². The quantitative estimate of drug-likeness (QED) is 0.656. The van der Waals surface area contributed by atoms with Gasteiger partial charge in [-0.15, -0.1) is 0 Å². The van der Waals surface area contributed by atoms with Crippen LogP contribution in [-0.4, -0.2) is 18.7 Å². The van der Waals surface area contributed by atoms with Crippen LogP contribution in [0.1, 0.15) is 44.7 Å². The van der Waals surface area contributed by atoms with Crippen molar-refractivity contribution in [3.05, 3.63) is 23.3 Å². The smallest absolute Gasteiger partial charge is 0.344 e. The molecule has 0 aromatic heterocycles. The fourth-order valence-corrected chi connectivity index (χ4v) is 1.73. The van der Waals surface area contributed by atoms with Crippen LogP contribution in [0.2, 0.25) is 0 Å². The van der Waals surface area contributed by atoms with Gasteiger partial charge in [0.05, 0.1) is 6.10 Å². The second-order valence-electron chi connectivity index (χ2n) is 5.23. The number of nitrogens with two attached hydrogens (primary N) is 1. The van der Waals surface area contributed by atoms with Crippen LogP contribution in [0.3, 0.4) is 0 Å². The van der Waals surface area contributed by atoms with E-state index in [4.69, 9.17) is 15.2 Å². The molecule has 106 valence electrons. The van der Waals surface area contributed by atoms with E-state index in [0.29, 0.717) is 5.75 Å². The van der Waals surface area contributed by atoms with E-state index in [-0.39, 0.29) is 24.6 Å². The Labute approximate surface area is 114 Å². The fraction of sp³-hybridized carbons (Fsp3) is 0.533. The van der Waals surface area contributed by atoms with Crippen molar-refractivity contribution in [1.29, 1.82) is 0 Å². The molecule has 1 aromatic rings. The molecule has 0 aliphatic carbocycles. The van der Waals surface area contributed by atoms with Gasteiger partial charge in [-0.1, -0.05) is 13.8 Å². The normalized spacial score (nSPS) is 10.9. The van der Waals surface area contributed by atoms with Crippen LogP contribution in [0.15, 0.2) is 12.1 Å². The second-order valence-corrected chi connectivity index (χ2v) is 5.23. The van der Waals surface area contributed by atoms with Gasteiger partial charge in [0.25, 0.3) is 0 Å². The number of aryl methyl sites for hydroxylation is 1. The molecule has 0 amide bonds. The van der Waals surface area contributed by atoms with Crippen LogP contribution >= 0.6 is 0 Å². The summed E-state index contributed by atoms with van der Waals surface area (Å²) in [6.45, 7) is 9.57. The maximum Gasteiger partial charge on any atom is 0.344 e. The second kappa shape index (κ2) is 6.45. The molecule has 4 heteroatoms. The number of hydrogen-bond acceptors (Lipinski definition) is 4. The Balaban J connectivity index is 2.82. The minimum atomic E-state index is -0.362. The van der Waals surface area contributed by atoms with Gasteiger partial charge < -0.3 is 15.2 Å². The Morgan fingerprint density at radius 3 is 2.42 bits per heavy atom. The van der Waals surface area contributed by atoms with E-state index in [1.54, 1.807) is 0 Å². The van der Waals surface area contributed by atoms with Crippen molar-refractivity contribution in [3.8, 4) is 5.75 Å². The number of rotatable bonds is 5. The van der Waals surface area contributed by atoms with E-state index in [1.807, 2.05) is 32.9 Å². The highest BCUT2D eigenvalue weighted by atomic mass is 16.6. The molecule has 0 spiro atoms. The summed E-state index contributed by atoms with van der Waals surface area (Å²) in [6.07, 6.45) is -0.131. The largest absolute Gasteiger partial charge is 0.482 e. The Morgan fingerprint density at radius 2 is 1.89 bits per heavy atom. The molecule has 0 bridgehead atoms.